The minimum Gasteiger partial charge on any atom is -0.302 e. The van der Waals surface area contributed by atoms with Crippen molar-refractivity contribution in [3.05, 3.63) is 63.9 Å². The van der Waals surface area contributed by atoms with Gasteiger partial charge in [0.15, 0.2) is 0 Å². The normalized spacial score (nSPS) is 11.9. The Morgan fingerprint density at radius 2 is 1.88 bits per heavy atom. The summed E-state index contributed by atoms with van der Waals surface area (Å²) in [6.45, 7) is 4.00. The van der Waals surface area contributed by atoms with E-state index in [1.54, 1.807) is 0 Å². The molecule has 0 unspecified atom stereocenters. The van der Waals surface area contributed by atoms with E-state index in [9.17, 15) is 12.8 Å². The minimum atomic E-state index is -3.72. The van der Waals surface area contributed by atoms with E-state index >= 15 is 0 Å². The highest BCUT2D eigenvalue weighted by Gasteiger charge is 2.17. The summed E-state index contributed by atoms with van der Waals surface area (Å²) in [6.07, 6.45) is 0. The van der Waals surface area contributed by atoms with Crippen molar-refractivity contribution in [3.8, 4) is 0 Å². The number of benzene rings is 2. The minimum absolute atomic E-state index is 0.0192. The Morgan fingerprint density at radius 3 is 2.54 bits per heavy atom. The van der Waals surface area contributed by atoms with E-state index in [1.165, 1.54) is 6.07 Å². The number of hydrogen-bond donors (Lipinski definition) is 1. The van der Waals surface area contributed by atoms with Gasteiger partial charge in [-0.15, -0.1) is 0 Å². The molecule has 0 amide bonds. The number of nitrogens with zero attached hydrogens (tertiary/aromatic N) is 1. The summed E-state index contributed by atoms with van der Waals surface area (Å²) in [5.74, 6) is -0.492. The second kappa shape index (κ2) is 8.20. The molecule has 0 heterocycles. The predicted molar refractivity (Wildman–Crippen MR) is 96.6 cm³/mol. The lowest BCUT2D eigenvalue weighted by molar-refractivity contribution is 0.345. The first-order valence-electron chi connectivity index (χ1n) is 7.53. The van der Waals surface area contributed by atoms with Crippen LogP contribution in [0.3, 0.4) is 0 Å². The van der Waals surface area contributed by atoms with Gasteiger partial charge < -0.3 is 4.90 Å². The molecule has 0 aliphatic rings. The Hall–Kier alpha value is -1.28. The number of sulfonamides is 1. The van der Waals surface area contributed by atoms with E-state index in [2.05, 4.69) is 32.5 Å². The zero-order chi connectivity index (χ0) is 17.7. The molecule has 0 saturated heterocycles. The molecule has 0 bridgehead atoms. The number of rotatable bonds is 7. The molecule has 2 aromatic carbocycles. The maximum absolute atomic E-state index is 13.1. The van der Waals surface area contributed by atoms with Gasteiger partial charge in [0.25, 0.3) is 0 Å². The topological polar surface area (TPSA) is 49.4 Å². The van der Waals surface area contributed by atoms with Crippen molar-refractivity contribution < 1.29 is 12.8 Å². The molecule has 0 radical (unpaired) electrons. The third-order valence-corrected chi connectivity index (χ3v) is 6.01. The molecule has 4 nitrogen and oxygen atoms in total. The van der Waals surface area contributed by atoms with E-state index < -0.39 is 15.8 Å². The van der Waals surface area contributed by atoms with Crippen LogP contribution in [-0.2, 0) is 23.1 Å². The van der Waals surface area contributed by atoms with Crippen molar-refractivity contribution in [2.45, 2.75) is 24.9 Å². The van der Waals surface area contributed by atoms with Gasteiger partial charge in [-0.3, -0.25) is 0 Å². The average molecular weight is 415 g/mol. The number of nitrogens with one attached hydrogen (secondary N) is 1. The molecule has 2 aromatic rings. The number of hydrogen-bond acceptors (Lipinski definition) is 3. The highest BCUT2D eigenvalue weighted by Crippen LogP contribution is 2.22. The second-order valence-electron chi connectivity index (χ2n) is 5.55. The summed E-state index contributed by atoms with van der Waals surface area (Å²) in [4.78, 5) is 2.18. The Kier molecular flexibility index (Phi) is 6.51. The van der Waals surface area contributed by atoms with Crippen LogP contribution >= 0.6 is 15.9 Å². The highest BCUT2D eigenvalue weighted by molar-refractivity contribution is 9.10. The molecule has 0 saturated carbocycles. The maximum atomic E-state index is 13.1. The average Bonchev–Trinajstić information content (AvgIpc) is 2.53. The predicted octanol–water partition coefficient (Wildman–Crippen LogP) is 3.52. The van der Waals surface area contributed by atoms with Crippen LogP contribution in [0, 0.1) is 5.82 Å². The van der Waals surface area contributed by atoms with Crippen LogP contribution in [-0.4, -0.2) is 26.9 Å². The van der Waals surface area contributed by atoms with E-state index in [1.807, 2.05) is 31.3 Å². The van der Waals surface area contributed by atoms with E-state index in [0.717, 1.165) is 36.3 Å². The third-order valence-electron chi connectivity index (χ3n) is 3.63. The van der Waals surface area contributed by atoms with Crippen LogP contribution < -0.4 is 4.72 Å². The first-order chi connectivity index (χ1) is 11.3. The molecule has 0 fully saturated rings. The monoisotopic (exact) mass is 414 g/mol. The summed E-state index contributed by atoms with van der Waals surface area (Å²) in [7, 11) is -1.69. The van der Waals surface area contributed by atoms with Crippen molar-refractivity contribution in [2.24, 2.45) is 0 Å². The lowest BCUT2D eigenvalue weighted by Crippen LogP contribution is -2.24. The molecule has 130 valence electrons. The molecular weight excluding hydrogens is 395 g/mol. The van der Waals surface area contributed by atoms with Crippen LogP contribution in [0.1, 0.15) is 18.1 Å². The van der Waals surface area contributed by atoms with Crippen LogP contribution in [0.2, 0.25) is 0 Å². The van der Waals surface area contributed by atoms with Crippen molar-refractivity contribution in [2.75, 3.05) is 13.6 Å². The van der Waals surface area contributed by atoms with Crippen molar-refractivity contribution in [3.63, 3.8) is 0 Å². The fraction of sp³-hybridized carbons (Fsp3) is 0.294. The van der Waals surface area contributed by atoms with Gasteiger partial charge in [-0.25, -0.2) is 17.5 Å². The Bertz CT molecular complexity index is 812. The molecule has 0 spiro atoms. The summed E-state index contributed by atoms with van der Waals surface area (Å²) in [5.41, 5.74) is 2.00. The van der Waals surface area contributed by atoms with Gasteiger partial charge >= 0.3 is 0 Å². The van der Waals surface area contributed by atoms with Crippen LogP contribution in [0.15, 0.2) is 51.8 Å². The largest absolute Gasteiger partial charge is 0.302 e. The van der Waals surface area contributed by atoms with E-state index in [0.29, 0.717) is 0 Å². The lowest BCUT2D eigenvalue weighted by Gasteiger charge is -2.14. The third kappa shape index (κ3) is 5.11. The molecule has 0 aliphatic heterocycles. The fourth-order valence-electron chi connectivity index (χ4n) is 2.21. The molecular formula is C17H20BrFN2O2S. The fourth-order valence-corrected chi connectivity index (χ4v) is 4.28. The van der Waals surface area contributed by atoms with Gasteiger partial charge in [0.05, 0.1) is 4.90 Å². The van der Waals surface area contributed by atoms with E-state index in [4.69, 9.17) is 0 Å². The smallest absolute Gasteiger partial charge is 0.241 e. The van der Waals surface area contributed by atoms with Crippen molar-refractivity contribution in [1.29, 1.82) is 0 Å². The number of halogens is 2. The molecule has 24 heavy (non-hydrogen) atoms. The molecule has 0 aliphatic carbocycles. The standard InChI is InChI=1S/C17H20BrFN2O2S/c1-3-21(2)12-14-6-4-5-13(9-14)11-20-24(22,23)17-8-7-15(19)10-16(17)18/h4-10,20H,3,11-12H2,1-2H3. The highest BCUT2D eigenvalue weighted by atomic mass is 79.9. The quantitative estimate of drug-likeness (QED) is 0.753. The summed E-state index contributed by atoms with van der Waals surface area (Å²) in [6, 6.07) is 11.3. The summed E-state index contributed by atoms with van der Waals surface area (Å²) in [5, 5.41) is 0. The molecule has 2 rings (SSSR count). The summed E-state index contributed by atoms with van der Waals surface area (Å²) < 4.78 is 40.6. The molecule has 7 heteroatoms. The van der Waals surface area contributed by atoms with Gasteiger partial charge in [0.1, 0.15) is 5.82 Å². The van der Waals surface area contributed by atoms with Gasteiger partial charge in [-0.05, 0) is 58.8 Å². The van der Waals surface area contributed by atoms with Crippen LogP contribution in [0.5, 0.6) is 0 Å². The Balaban J connectivity index is 2.11. The van der Waals surface area contributed by atoms with Gasteiger partial charge in [0, 0.05) is 17.6 Å². The first-order valence-corrected chi connectivity index (χ1v) is 9.80. The van der Waals surface area contributed by atoms with Crippen LogP contribution in [0.25, 0.3) is 0 Å². The van der Waals surface area contributed by atoms with Crippen molar-refractivity contribution >= 4 is 26.0 Å². The Labute approximate surface area is 150 Å². The molecule has 0 atom stereocenters. The molecule has 1 N–H and O–H groups in total. The molecule has 0 aromatic heterocycles. The summed E-state index contributed by atoms with van der Waals surface area (Å²) >= 11 is 3.09. The van der Waals surface area contributed by atoms with Gasteiger partial charge in [-0.2, -0.15) is 0 Å². The SMILES string of the molecule is CCN(C)Cc1cccc(CNS(=O)(=O)c2ccc(F)cc2Br)c1. The second-order valence-corrected chi connectivity index (χ2v) is 8.14. The lowest BCUT2D eigenvalue weighted by atomic mass is 10.1. The van der Waals surface area contributed by atoms with Crippen molar-refractivity contribution in [1.82, 2.24) is 9.62 Å². The first kappa shape index (κ1) is 19.1. The van der Waals surface area contributed by atoms with Crippen LogP contribution in [0.4, 0.5) is 4.39 Å². The maximum Gasteiger partial charge on any atom is 0.241 e. The van der Waals surface area contributed by atoms with E-state index in [-0.39, 0.29) is 15.9 Å². The zero-order valence-corrected chi connectivity index (χ0v) is 16.0. The zero-order valence-electron chi connectivity index (χ0n) is 13.6. The Morgan fingerprint density at radius 1 is 1.17 bits per heavy atom. The van der Waals surface area contributed by atoms with Gasteiger partial charge in [0.2, 0.25) is 10.0 Å². The van der Waals surface area contributed by atoms with Gasteiger partial charge in [-0.1, -0.05) is 31.2 Å².